The van der Waals surface area contributed by atoms with Gasteiger partial charge in [-0.15, -0.1) is 0 Å². The van der Waals surface area contributed by atoms with Gasteiger partial charge in [0.15, 0.2) is 0 Å². The zero-order chi connectivity index (χ0) is 24.2. The van der Waals surface area contributed by atoms with Crippen LogP contribution in [-0.4, -0.2) is 60.3 Å². The average molecular weight is 464 g/mol. The van der Waals surface area contributed by atoms with Gasteiger partial charge in [-0.3, -0.25) is 9.59 Å². The van der Waals surface area contributed by atoms with Crippen molar-refractivity contribution in [2.45, 2.75) is 13.8 Å². The Morgan fingerprint density at radius 2 is 1.62 bits per heavy atom. The number of ether oxygens (including phenoxy) is 1. The first-order valence-electron chi connectivity index (χ1n) is 11.2. The van der Waals surface area contributed by atoms with Crippen molar-refractivity contribution in [3.63, 3.8) is 0 Å². The van der Waals surface area contributed by atoms with Crippen molar-refractivity contribution >= 4 is 23.3 Å². The van der Waals surface area contributed by atoms with Crippen molar-refractivity contribution in [1.29, 1.82) is 0 Å². The fourth-order valence-electron chi connectivity index (χ4n) is 4.26. The standard InChI is InChI=1S/C26H26FN3O4/c1-3-34-26(33)21-17(2)28-23(22(21)18-9-5-4-6-10-18)24(31)25(32)30-15-13-29(14-16-30)20-12-8-7-11-19(20)27/h4-12,28H,3,13-16H2,1-2H3. The van der Waals surface area contributed by atoms with Crippen LogP contribution in [-0.2, 0) is 9.53 Å². The topological polar surface area (TPSA) is 82.7 Å². The normalized spacial score (nSPS) is 13.6. The molecular formula is C26H26FN3O4. The lowest BCUT2D eigenvalue weighted by atomic mass is 9.98. The summed E-state index contributed by atoms with van der Waals surface area (Å²) in [6, 6.07) is 15.5. The molecule has 0 saturated carbocycles. The number of aryl methyl sites for hydroxylation is 1. The molecule has 0 atom stereocenters. The van der Waals surface area contributed by atoms with Crippen LogP contribution in [0.2, 0.25) is 0 Å². The molecule has 8 heteroatoms. The molecule has 0 spiro atoms. The van der Waals surface area contributed by atoms with Gasteiger partial charge < -0.3 is 19.5 Å². The van der Waals surface area contributed by atoms with E-state index in [2.05, 4.69) is 4.98 Å². The molecule has 7 nitrogen and oxygen atoms in total. The number of Topliss-reactive ketones (excluding diaryl/α,β-unsaturated/α-hetero) is 1. The fraction of sp³-hybridized carbons (Fsp3) is 0.269. The molecule has 0 bridgehead atoms. The smallest absolute Gasteiger partial charge is 0.340 e. The molecule has 1 saturated heterocycles. The Morgan fingerprint density at radius 1 is 0.971 bits per heavy atom. The van der Waals surface area contributed by atoms with Gasteiger partial charge in [-0.2, -0.15) is 0 Å². The summed E-state index contributed by atoms with van der Waals surface area (Å²) in [6.45, 7) is 4.94. The molecule has 2 aromatic carbocycles. The zero-order valence-electron chi connectivity index (χ0n) is 19.1. The van der Waals surface area contributed by atoms with E-state index in [4.69, 9.17) is 4.74 Å². The van der Waals surface area contributed by atoms with Gasteiger partial charge in [0, 0.05) is 37.4 Å². The van der Waals surface area contributed by atoms with Gasteiger partial charge in [0.05, 0.1) is 17.9 Å². The van der Waals surface area contributed by atoms with Crippen molar-refractivity contribution in [2.24, 2.45) is 0 Å². The molecule has 0 aliphatic carbocycles. The number of nitrogens with one attached hydrogen (secondary N) is 1. The number of anilines is 1. The molecule has 4 rings (SSSR count). The molecule has 1 N–H and O–H groups in total. The summed E-state index contributed by atoms with van der Waals surface area (Å²) < 4.78 is 19.3. The minimum Gasteiger partial charge on any atom is -0.462 e. The van der Waals surface area contributed by atoms with Crippen LogP contribution in [0.3, 0.4) is 0 Å². The Kier molecular flexibility index (Phi) is 6.77. The summed E-state index contributed by atoms with van der Waals surface area (Å²) in [6.07, 6.45) is 0. The molecule has 1 aliphatic rings. The molecule has 1 aromatic heterocycles. The number of H-pyrrole nitrogens is 1. The van der Waals surface area contributed by atoms with E-state index in [-0.39, 0.29) is 36.8 Å². The summed E-state index contributed by atoms with van der Waals surface area (Å²) in [5.41, 5.74) is 2.24. The Hall–Kier alpha value is -3.94. The largest absolute Gasteiger partial charge is 0.462 e. The van der Waals surface area contributed by atoms with E-state index >= 15 is 0 Å². The third kappa shape index (κ3) is 4.44. The highest BCUT2D eigenvalue weighted by atomic mass is 19.1. The van der Waals surface area contributed by atoms with Crippen LogP contribution in [0, 0.1) is 12.7 Å². The second-order valence-electron chi connectivity index (χ2n) is 8.02. The summed E-state index contributed by atoms with van der Waals surface area (Å²) in [5, 5.41) is 0. The second-order valence-corrected chi connectivity index (χ2v) is 8.02. The lowest BCUT2D eigenvalue weighted by molar-refractivity contribution is -0.126. The predicted molar refractivity (Wildman–Crippen MR) is 126 cm³/mol. The molecule has 3 aromatic rings. The van der Waals surface area contributed by atoms with E-state index in [0.29, 0.717) is 35.6 Å². The van der Waals surface area contributed by atoms with Gasteiger partial charge >= 0.3 is 5.97 Å². The van der Waals surface area contributed by atoms with Crippen LogP contribution in [0.4, 0.5) is 10.1 Å². The SMILES string of the molecule is CCOC(=O)c1c(C)[nH]c(C(=O)C(=O)N2CCN(c3ccccc3F)CC2)c1-c1ccccc1. The number of carbonyl (C=O) groups excluding carboxylic acids is 3. The third-order valence-electron chi connectivity index (χ3n) is 5.91. The molecule has 34 heavy (non-hydrogen) atoms. The number of esters is 1. The number of aromatic nitrogens is 1. The highest BCUT2D eigenvalue weighted by Crippen LogP contribution is 2.32. The number of hydrogen-bond donors (Lipinski definition) is 1. The van der Waals surface area contributed by atoms with Crippen molar-refractivity contribution in [3.05, 3.63) is 77.4 Å². The molecule has 1 aliphatic heterocycles. The number of para-hydroxylation sites is 1. The van der Waals surface area contributed by atoms with Crippen LogP contribution in [0.1, 0.15) is 33.5 Å². The maximum atomic E-state index is 14.1. The molecule has 0 unspecified atom stereocenters. The minimum atomic E-state index is -0.725. The fourth-order valence-corrected chi connectivity index (χ4v) is 4.26. The number of ketones is 1. The Balaban J connectivity index is 1.59. The average Bonchev–Trinajstić information content (AvgIpc) is 3.21. The van der Waals surface area contributed by atoms with Gasteiger partial charge in [0.1, 0.15) is 11.5 Å². The number of hydrogen-bond acceptors (Lipinski definition) is 5. The number of aromatic amines is 1. The summed E-state index contributed by atoms with van der Waals surface area (Å²) >= 11 is 0. The van der Waals surface area contributed by atoms with Crippen molar-refractivity contribution in [3.8, 4) is 11.1 Å². The minimum absolute atomic E-state index is 0.0632. The second kappa shape index (κ2) is 9.91. The van der Waals surface area contributed by atoms with Crippen LogP contribution < -0.4 is 4.90 Å². The molecular weight excluding hydrogens is 437 g/mol. The first-order chi connectivity index (χ1) is 16.4. The summed E-state index contributed by atoms with van der Waals surface area (Å²) in [4.78, 5) is 45.5. The monoisotopic (exact) mass is 463 g/mol. The highest BCUT2D eigenvalue weighted by Gasteiger charge is 2.33. The Morgan fingerprint density at radius 3 is 2.26 bits per heavy atom. The van der Waals surface area contributed by atoms with Crippen LogP contribution in [0.15, 0.2) is 54.6 Å². The zero-order valence-corrected chi connectivity index (χ0v) is 19.1. The number of piperazine rings is 1. The van der Waals surface area contributed by atoms with Gasteiger partial charge in [0.2, 0.25) is 0 Å². The maximum absolute atomic E-state index is 14.1. The number of carbonyl (C=O) groups is 3. The lowest BCUT2D eigenvalue weighted by Crippen LogP contribution is -2.51. The van der Waals surface area contributed by atoms with Crippen LogP contribution in [0.25, 0.3) is 11.1 Å². The van der Waals surface area contributed by atoms with Crippen molar-refractivity contribution in [2.75, 3.05) is 37.7 Å². The lowest BCUT2D eigenvalue weighted by Gasteiger charge is -2.35. The quantitative estimate of drug-likeness (QED) is 0.341. The maximum Gasteiger partial charge on any atom is 0.340 e. The van der Waals surface area contributed by atoms with E-state index < -0.39 is 17.7 Å². The molecule has 176 valence electrons. The van der Waals surface area contributed by atoms with Crippen molar-refractivity contribution < 1.29 is 23.5 Å². The summed E-state index contributed by atoms with van der Waals surface area (Å²) in [5.74, 6) is -2.27. The Labute approximate surface area is 197 Å². The Bertz CT molecular complexity index is 1210. The van der Waals surface area contributed by atoms with Crippen LogP contribution in [0.5, 0.6) is 0 Å². The highest BCUT2D eigenvalue weighted by molar-refractivity contribution is 6.43. The van der Waals surface area contributed by atoms with E-state index in [1.165, 1.54) is 11.0 Å². The number of nitrogens with zero attached hydrogens (tertiary/aromatic N) is 2. The van der Waals surface area contributed by atoms with E-state index in [0.717, 1.165) is 0 Å². The first-order valence-corrected chi connectivity index (χ1v) is 11.2. The number of rotatable bonds is 6. The van der Waals surface area contributed by atoms with Gasteiger partial charge in [-0.25, -0.2) is 9.18 Å². The predicted octanol–water partition coefficient (Wildman–Crippen LogP) is 3.84. The van der Waals surface area contributed by atoms with E-state index in [1.807, 2.05) is 11.0 Å². The van der Waals surface area contributed by atoms with Gasteiger partial charge in [-0.1, -0.05) is 42.5 Å². The number of benzene rings is 2. The molecule has 0 radical (unpaired) electrons. The molecule has 1 fully saturated rings. The first kappa shape index (κ1) is 23.2. The van der Waals surface area contributed by atoms with E-state index in [1.54, 1.807) is 56.3 Å². The third-order valence-corrected chi connectivity index (χ3v) is 5.91. The van der Waals surface area contributed by atoms with Crippen molar-refractivity contribution in [1.82, 2.24) is 9.88 Å². The molecule has 1 amide bonds. The van der Waals surface area contributed by atoms with E-state index in [9.17, 15) is 18.8 Å². The molecule has 2 heterocycles. The summed E-state index contributed by atoms with van der Waals surface area (Å²) in [7, 11) is 0. The van der Waals surface area contributed by atoms with Gasteiger partial charge in [-0.05, 0) is 31.5 Å². The number of amides is 1. The number of halogens is 1. The van der Waals surface area contributed by atoms with Crippen LogP contribution >= 0.6 is 0 Å². The van der Waals surface area contributed by atoms with Gasteiger partial charge in [0.25, 0.3) is 11.7 Å².